The quantitative estimate of drug-likeness (QED) is 0.392. The van der Waals surface area contributed by atoms with Gasteiger partial charge in [-0.3, -0.25) is 9.59 Å². The Bertz CT molecular complexity index is 1250. The van der Waals surface area contributed by atoms with Gasteiger partial charge in [0.15, 0.2) is 16.9 Å². The largest absolute Gasteiger partial charge is 0.493 e. The van der Waals surface area contributed by atoms with Crippen molar-refractivity contribution >= 4 is 16.9 Å². The average Bonchev–Trinajstić information content (AvgIpc) is 3.17. The Labute approximate surface area is 206 Å². The molecule has 0 spiro atoms. The second kappa shape index (κ2) is 11.0. The van der Waals surface area contributed by atoms with Crippen LogP contribution in [0.3, 0.4) is 0 Å². The van der Waals surface area contributed by atoms with Crippen LogP contribution < -0.4 is 14.9 Å². The van der Waals surface area contributed by atoms with Gasteiger partial charge in [-0.2, -0.15) is 0 Å². The summed E-state index contributed by atoms with van der Waals surface area (Å²) in [6.07, 6.45) is 1.67. The summed E-state index contributed by atoms with van der Waals surface area (Å²) in [4.78, 5) is 31.3. The molecule has 3 aromatic rings. The number of carbonyl (C=O) groups excluding carboxylic acids is 1. The Morgan fingerprint density at radius 1 is 1.03 bits per heavy atom. The molecular weight excluding hydrogens is 444 g/mol. The van der Waals surface area contributed by atoms with Gasteiger partial charge in [0.1, 0.15) is 5.58 Å². The summed E-state index contributed by atoms with van der Waals surface area (Å²) in [5.41, 5.74) is 1.44. The van der Waals surface area contributed by atoms with Gasteiger partial charge in [-0.1, -0.05) is 39.0 Å². The van der Waals surface area contributed by atoms with Crippen LogP contribution in [0, 0.1) is 0 Å². The first-order valence-corrected chi connectivity index (χ1v) is 12.4. The van der Waals surface area contributed by atoms with Gasteiger partial charge >= 0.3 is 0 Å². The first-order chi connectivity index (χ1) is 17.0. The topological polar surface area (TPSA) is 72.2 Å². The molecule has 1 amide bonds. The summed E-state index contributed by atoms with van der Waals surface area (Å²) < 4.78 is 17.4. The molecule has 35 heavy (non-hydrogen) atoms. The zero-order chi connectivity index (χ0) is 24.9. The van der Waals surface area contributed by atoms with Crippen molar-refractivity contribution in [1.29, 1.82) is 0 Å². The number of hydrogen-bond donors (Lipinski definition) is 0. The van der Waals surface area contributed by atoms with Crippen LogP contribution in [-0.2, 0) is 0 Å². The normalized spacial score (nSPS) is 15.2. The predicted octanol–water partition coefficient (Wildman–Crippen LogP) is 4.87. The molecule has 1 aliphatic heterocycles. The lowest BCUT2D eigenvalue weighted by Crippen LogP contribution is -2.33. The molecule has 2 heterocycles. The molecule has 0 saturated carbocycles. The van der Waals surface area contributed by atoms with Crippen molar-refractivity contribution in [3.05, 3.63) is 69.6 Å². The molecule has 1 aromatic heterocycles. The SMILES string of the molecule is CCCOc1ccc(C2c3c(oc4ccccc4c3=O)C(=O)N2CCCN(CC)CC)cc1OC. The predicted molar refractivity (Wildman–Crippen MR) is 137 cm³/mol. The Hall–Kier alpha value is -3.32. The highest BCUT2D eigenvalue weighted by molar-refractivity contribution is 5.99. The van der Waals surface area contributed by atoms with Gasteiger partial charge in [-0.05, 0) is 62.3 Å². The van der Waals surface area contributed by atoms with Crippen molar-refractivity contribution in [2.24, 2.45) is 0 Å². The Kier molecular flexibility index (Phi) is 7.76. The third-order valence-electron chi connectivity index (χ3n) is 6.61. The third-order valence-corrected chi connectivity index (χ3v) is 6.61. The maximum atomic E-state index is 13.6. The van der Waals surface area contributed by atoms with E-state index in [1.54, 1.807) is 30.2 Å². The van der Waals surface area contributed by atoms with E-state index in [0.29, 0.717) is 41.2 Å². The molecule has 2 aromatic carbocycles. The summed E-state index contributed by atoms with van der Waals surface area (Å²) in [5, 5.41) is 0.476. The van der Waals surface area contributed by atoms with Crippen molar-refractivity contribution in [3.63, 3.8) is 0 Å². The third kappa shape index (κ3) is 4.78. The van der Waals surface area contributed by atoms with Crippen LogP contribution in [0.15, 0.2) is 51.7 Å². The van der Waals surface area contributed by atoms with E-state index < -0.39 is 6.04 Å². The summed E-state index contributed by atoms with van der Waals surface area (Å²) in [5.74, 6) is 1.09. The molecule has 7 heteroatoms. The number of para-hydroxylation sites is 1. The summed E-state index contributed by atoms with van der Waals surface area (Å²) in [6, 6.07) is 12.2. The van der Waals surface area contributed by atoms with Crippen LogP contribution in [0.5, 0.6) is 11.5 Å². The highest BCUT2D eigenvalue weighted by Gasteiger charge is 2.42. The smallest absolute Gasteiger partial charge is 0.290 e. The minimum Gasteiger partial charge on any atom is -0.493 e. The van der Waals surface area contributed by atoms with Gasteiger partial charge in [0.2, 0.25) is 5.76 Å². The zero-order valence-corrected chi connectivity index (χ0v) is 21.0. The van der Waals surface area contributed by atoms with Crippen molar-refractivity contribution in [3.8, 4) is 11.5 Å². The standard InChI is InChI=1S/C28H34N2O5/c1-5-17-34-22-14-13-19(18-23(22)33-4)25-24-26(31)20-11-8-9-12-21(20)35-27(24)28(32)30(25)16-10-15-29(6-2)7-3/h8-9,11-14,18,25H,5-7,10,15-17H2,1-4H3. The van der Waals surface area contributed by atoms with E-state index in [0.717, 1.165) is 38.0 Å². The summed E-state index contributed by atoms with van der Waals surface area (Å²) >= 11 is 0. The number of nitrogens with zero attached hydrogens (tertiary/aromatic N) is 2. The second-order valence-corrected chi connectivity index (χ2v) is 8.71. The van der Waals surface area contributed by atoms with Gasteiger partial charge in [0, 0.05) is 6.54 Å². The number of rotatable bonds is 11. The second-order valence-electron chi connectivity index (χ2n) is 8.71. The lowest BCUT2D eigenvalue weighted by molar-refractivity contribution is 0.0720. The first-order valence-electron chi connectivity index (χ1n) is 12.4. The zero-order valence-electron chi connectivity index (χ0n) is 21.0. The van der Waals surface area contributed by atoms with E-state index in [9.17, 15) is 9.59 Å². The minimum absolute atomic E-state index is 0.131. The number of carbonyl (C=O) groups is 1. The van der Waals surface area contributed by atoms with E-state index >= 15 is 0 Å². The number of fused-ring (bicyclic) bond motifs is 2. The van der Waals surface area contributed by atoms with E-state index in [-0.39, 0.29) is 17.1 Å². The van der Waals surface area contributed by atoms with Crippen molar-refractivity contribution in [1.82, 2.24) is 9.80 Å². The molecule has 1 aliphatic rings. The van der Waals surface area contributed by atoms with Gasteiger partial charge in [-0.15, -0.1) is 0 Å². The fraction of sp³-hybridized carbons (Fsp3) is 0.429. The van der Waals surface area contributed by atoms with Gasteiger partial charge in [0.05, 0.1) is 30.7 Å². The molecule has 4 rings (SSSR count). The lowest BCUT2D eigenvalue weighted by Gasteiger charge is -2.27. The number of hydrogen-bond acceptors (Lipinski definition) is 6. The molecule has 0 bridgehead atoms. The van der Waals surface area contributed by atoms with Crippen molar-refractivity contribution in [2.45, 2.75) is 39.7 Å². The highest BCUT2D eigenvalue weighted by Crippen LogP contribution is 2.41. The number of methoxy groups -OCH3 is 1. The molecular formula is C28H34N2O5. The van der Waals surface area contributed by atoms with Crippen LogP contribution in [0.1, 0.15) is 61.3 Å². The Morgan fingerprint density at radius 2 is 1.80 bits per heavy atom. The van der Waals surface area contributed by atoms with Crippen LogP contribution >= 0.6 is 0 Å². The van der Waals surface area contributed by atoms with E-state index in [1.165, 1.54) is 0 Å². The van der Waals surface area contributed by atoms with Crippen molar-refractivity contribution < 1.29 is 18.7 Å². The van der Waals surface area contributed by atoms with Gasteiger partial charge in [-0.25, -0.2) is 0 Å². The fourth-order valence-corrected chi connectivity index (χ4v) is 4.73. The van der Waals surface area contributed by atoms with E-state index in [1.807, 2.05) is 31.2 Å². The van der Waals surface area contributed by atoms with E-state index in [2.05, 4.69) is 18.7 Å². The Morgan fingerprint density at radius 3 is 2.51 bits per heavy atom. The van der Waals surface area contributed by atoms with Gasteiger partial charge in [0.25, 0.3) is 5.91 Å². The minimum atomic E-state index is -0.552. The summed E-state index contributed by atoms with van der Waals surface area (Å²) in [6.45, 7) is 10.2. The summed E-state index contributed by atoms with van der Waals surface area (Å²) in [7, 11) is 1.59. The van der Waals surface area contributed by atoms with Crippen LogP contribution in [-0.4, -0.2) is 55.6 Å². The maximum Gasteiger partial charge on any atom is 0.290 e. The molecule has 0 radical (unpaired) electrons. The molecule has 0 fully saturated rings. The fourth-order valence-electron chi connectivity index (χ4n) is 4.73. The average molecular weight is 479 g/mol. The van der Waals surface area contributed by atoms with E-state index in [4.69, 9.17) is 13.9 Å². The molecule has 0 aliphatic carbocycles. The molecule has 1 atom stereocenters. The molecule has 1 unspecified atom stereocenters. The maximum absolute atomic E-state index is 13.6. The van der Waals surface area contributed by atoms with Crippen LogP contribution in [0.25, 0.3) is 11.0 Å². The monoisotopic (exact) mass is 478 g/mol. The number of ether oxygens (including phenoxy) is 2. The molecule has 0 N–H and O–H groups in total. The first kappa shape index (κ1) is 24.8. The molecule has 186 valence electrons. The number of benzene rings is 2. The number of amides is 1. The highest BCUT2D eigenvalue weighted by atomic mass is 16.5. The molecule has 7 nitrogen and oxygen atoms in total. The Balaban J connectivity index is 1.79. The molecule has 0 saturated heterocycles. The van der Waals surface area contributed by atoms with Gasteiger partial charge < -0.3 is 23.7 Å². The van der Waals surface area contributed by atoms with Crippen molar-refractivity contribution in [2.75, 3.05) is 39.9 Å². The lowest BCUT2D eigenvalue weighted by atomic mass is 9.98. The van der Waals surface area contributed by atoms with Crippen LogP contribution in [0.4, 0.5) is 0 Å². The van der Waals surface area contributed by atoms with Crippen LogP contribution in [0.2, 0.25) is 0 Å².